The number of likely N-dealkylation sites (tertiary alicyclic amines) is 1. The van der Waals surface area contributed by atoms with Gasteiger partial charge in [0.25, 0.3) is 0 Å². The molecule has 0 radical (unpaired) electrons. The third-order valence-corrected chi connectivity index (χ3v) is 4.60. The van der Waals surface area contributed by atoms with E-state index >= 15 is 0 Å². The van der Waals surface area contributed by atoms with Gasteiger partial charge in [-0.3, -0.25) is 4.79 Å². The van der Waals surface area contributed by atoms with Crippen LogP contribution in [0.4, 0.5) is 4.79 Å². The molecule has 0 unspecified atom stereocenters. The molecule has 0 spiro atoms. The van der Waals surface area contributed by atoms with Crippen LogP contribution in [-0.4, -0.2) is 49.2 Å². The van der Waals surface area contributed by atoms with Gasteiger partial charge in [0.2, 0.25) is 5.91 Å². The molecular formula is C18H24N2O4. The van der Waals surface area contributed by atoms with Crippen LogP contribution in [0.3, 0.4) is 0 Å². The molecule has 1 aliphatic carbocycles. The summed E-state index contributed by atoms with van der Waals surface area (Å²) >= 11 is 0. The summed E-state index contributed by atoms with van der Waals surface area (Å²) in [5.41, 5.74) is 0.591. The van der Waals surface area contributed by atoms with Crippen molar-refractivity contribution in [2.45, 2.75) is 44.2 Å². The predicted molar refractivity (Wildman–Crippen MR) is 89.0 cm³/mol. The number of nitrogens with one attached hydrogen (secondary N) is 1. The SMILES string of the molecule is COc1cccc(C2(C(=O)N3CC(OC(=O)NC(C)C)C3)CC2)c1. The van der Waals surface area contributed by atoms with Crippen LogP contribution in [0.1, 0.15) is 32.3 Å². The minimum atomic E-state index is -0.420. The van der Waals surface area contributed by atoms with E-state index in [0.29, 0.717) is 13.1 Å². The lowest BCUT2D eigenvalue weighted by Crippen LogP contribution is -2.58. The minimum absolute atomic E-state index is 0.0399. The molecular weight excluding hydrogens is 308 g/mol. The first-order chi connectivity index (χ1) is 11.4. The van der Waals surface area contributed by atoms with E-state index in [-0.39, 0.29) is 18.1 Å². The molecule has 1 saturated heterocycles. The van der Waals surface area contributed by atoms with Gasteiger partial charge in [-0.15, -0.1) is 0 Å². The number of methoxy groups -OCH3 is 1. The fourth-order valence-corrected chi connectivity index (χ4v) is 3.07. The lowest BCUT2D eigenvalue weighted by molar-refractivity contribution is -0.144. The third-order valence-electron chi connectivity index (χ3n) is 4.60. The number of carbonyl (C=O) groups is 2. The van der Waals surface area contributed by atoms with Crippen LogP contribution < -0.4 is 10.1 Å². The molecule has 0 aromatic heterocycles. The Balaban J connectivity index is 1.57. The fraction of sp³-hybridized carbons (Fsp3) is 0.556. The highest BCUT2D eigenvalue weighted by molar-refractivity contribution is 5.92. The van der Waals surface area contributed by atoms with Crippen molar-refractivity contribution in [3.63, 3.8) is 0 Å². The number of rotatable bonds is 5. The molecule has 0 bridgehead atoms. The maximum absolute atomic E-state index is 12.8. The van der Waals surface area contributed by atoms with Gasteiger partial charge in [0, 0.05) is 6.04 Å². The van der Waals surface area contributed by atoms with Gasteiger partial charge in [0.1, 0.15) is 11.9 Å². The van der Waals surface area contributed by atoms with Crippen molar-refractivity contribution in [1.29, 1.82) is 0 Å². The number of ether oxygens (including phenoxy) is 2. The molecule has 1 saturated carbocycles. The maximum atomic E-state index is 12.8. The lowest BCUT2D eigenvalue weighted by atomic mass is 9.92. The standard InChI is InChI=1S/C18H24N2O4/c1-12(2)19-17(22)24-15-10-20(11-15)16(21)18(7-8-18)13-5-4-6-14(9-13)23-3/h4-6,9,12,15H,7-8,10-11H2,1-3H3,(H,19,22). The Labute approximate surface area is 142 Å². The van der Waals surface area contributed by atoms with Crippen LogP contribution in [0.2, 0.25) is 0 Å². The highest BCUT2D eigenvalue weighted by atomic mass is 16.6. The van der Waals surface area contributed by atoms with Crippen LogP contribution in [0, 0.1) is 0 Å². The number of carbonyl (C=O) groups excluding carboxylic acids is 2. The van der Waals surface area contributed by atoms with Crippen LogP contribution in [0.25, 0.3) is 0 Å². The zero-order valence-electron chi connectivity index (χ0n) is 14.4. The van der Waals surface area contributed by atoms with E-state index in [1.54, 1.807) is 12.0 Å². The number of alkyl carbamates (subject to hydrolysis) is 1. The number of amides is 2. The molecule has 6 heteroatoms. The Kier molecular flexibility index (Phi) is 4.39. The summed E-state index contributed by atoms with van der Waals surface area (Å²) < 4.78 is 10.6. The van der Waals surface area contributed by atoms with Gasteiger partial charge in [0.15, 0.2) is 0 Å². The van der Waals surface area contributed by atoms with Gasteiger partial charge < -0.3 is 19.7 Å². The van der Waals surface area contributed by atoms with E-state index in [1.807, 2.05) is 38.1 Å². The third kappa shape index (κ3) is 3.18. The molecule has 3 rings (SSSR count). The van der Waals surface area contributed by atoms with Gasteiger partial charge in [-0.1, -0.05) is 12.1 Å². The Morgan fingerprint density at radius 2 is 2.00 bits per heavy atom. The highest BCUT2D eigenvalue weighted by Crippen LogP contribution is 2.50. The van der Waals surface area contributed by atoms with E-state index in [4.69, 9.17) is 9.47 Å². The van der Waals surface area contributed by atoms with E-state index in [1.165, 1.54) is 0 Å². The second kappa shape index (κ2) is 6.34. The molecule has 2 amide bonds. The molecule has 1 aromatic rings. The quantitative estimate of drug-likeness (QED) is 0.896. The Bertz CT molecular complexity index is 634. The van der Waals surface area contributed by atoms with Crippen LogP contribution in [0.15, 0.2) is 24.3 Å². The molecule has 1 aromatic carbocycles. The van der Waals surface area contributed by atoms with Crippen molar-refractivity contribution < 1.29 is 19.1 Å². The molecule has 130 valence electrons. The van der Waals surface area contributed by atoms with Gasteiger partial charge in [0.05, 0.1) is 25.6 Å². The van der Waals surface area contributed by atoms with Gasteiger partial charge in [-0.2, -0.15) is 0 Å². The maximum Gasteiger partial charge on any atom is 0.407 e. The van der Waals surface area contributed by atoms with Crippen molar-refractivity contribution in [2.75, 3.05) is 20.2 Å². The summed E-state index contributed by atoms with van der Waals surface area (Å²) in [4.78, 5) is 26.2. The molecule has 1 aliphatic heterocycles. The number of benzene rings is 1. The average molecular weight is 332 g/mol. The van der Waals surface area contributed by atoms with Crippen LogP contribution in [-0.2, 0) is 14.9 Å². The molecule has 2 fully saturated rings. The molecule has 6 nitrogen and oxygen atoms in total. The van der Waals surface area contributed by atoms with Crippen molar-refractivity contribution >= 4 is 12.0 Å². The van der Waals surface area contributed by atoms with Gasteiger partial charge >= 0.3 is 6.09 Å². The summed E-state index contributed by atoms with van der Waals surface area (Å²) in [7, 11) is 1.63. The Hall–Kier alpha value is -2.24. The van der Waals surface area contributed by atoms with E-state index in [2.05, 4.69) is 5.32 Å². The van der Waals surface area contributed by atoms with Crippen LogP contribution in [0.5, 0.6) is 5.75 Å². The molecule has 1 heterocycles. The van der Waals surface area contributed by atoms with E-state index in [0.717, 1.165) is 24.2 Å². The molecule has 0 atom stereocenters. The van der Waals surface area contributed by atoms with Crippen molar-refractivity contribution in [3.05, 3.63) is 29.8 Å². The van der Waals surface area contributed by atoms with E-state index in [9.17, 15) is 9.59 Å². The summed E-state index contributed by atoms with van der Waals surface area (Å²) in [6.45, 7) is 4.69. The summed E-state index contributed by atoms with van der Waals surface area (Å²) in [6.07, 6.45) is 1.08. The average Bonchev–Trinajstić information content (AvgIpc) is 3.31. The summed E-state index contributed by atoms with van der Waals surface area (Å²) in [6, 6.07) is 7.76. The van der Waals surface area contributed by atoms with E-state index < -0.39 is 11.5 Å². The van der Waals surface area contributed by atoms with Gasteiger partial charge in [-0.05, 0) is 44.4 Å². The smallest absolute Gasteiger partial charge is 0.407 e. The first kappa shape index (κ1) is 16.6. The molecule has 1 N–H and O–H groups in total. The number of hydrogen-bond donors (Lipinski definition) is 1. The first-order valence-electron chi connectivity index (χ1n) is 8.35. The Morgan fingerprint density at radius 3 is 2.58 bits per heavy atom. The predicted octanol–water partition coefficient (Wildman–Crippen LogP) is 2.07. The largest absolute Gasteiger partial charge is 0.497 e. The Morgan fingerprint density at radius 1 is 1.29 bits per heavy atom. The normalized spacial score (nSPS) is 18.8. The fourth-order valence-electron chi connectivity index (χ4n) is 3.07. The van der Waals surface area contributed by atoms with Gasteiger partial charge in [-0.25, -0.2) is 4.79 Å². The molecule has 2 aliphatic rings. The topological polar surface area (TPSA) is 67.9 Å². The lowest BCUT2D eigenvalue weighted by Gasteiger charge is -2.40. The summed E-state index contributed by atoms with van der Waals surface area (Å²) in [5.74, 6) is 0.890. The highest BCUT2D eigenvalue weighted by Gasteiger charge is 2.55. The number of hydrogen-bond acceptors (Lipinski definition) is 4. The molecule has 24 heavy (non-hydrogen) atoms. The number of nitrogens with zero attached hydrogens (tertiary/aromatic N) is 1. The van der Waals surface area contributed by atoms with Crippen molar-refractivity contribution in [3.8, 4) is 5.75 Å². The monoisotopic (exact) mass is 332 g/mol. The summed E-state index contributed by atoms with van der Waals surface area (Å²) in [5, 5.41) is 2.69. The van der Waals surface area contributed by atoms with Crippen molar-refractivity contribution in [1.82, 2.24) is 10.2 Å². The van der Waals surface area contributed by atoms with Crippen molar-refractivity contribution in [2.24, 2.45) is 0 Å². The zero-order chi connectivity index (χ0) is 17.3. The van der Waals surface area contributed by atoms with Crippen LogP contribution >= 0.6 is 0 Å². The zero-order valence-corrected chi connectivity index (χ0v) is 14.4. The minimum Gasteiger partial charge on any atom is -0.497 e. The second-order valence-electron chi connectivity index (χ2n) is 6.85. The first-order valence-corrected chi connectivity index (χ1v) is 8.35. The second-order valence-corrected chi connectivity index (χ2v) is 6.85.